The molecule has 1 N–H and O–H groups in total. The number of carbonyl (C=O) groups excluding carboxylic acids is 2. The molecule has 0 fully saturated rings. The van der Waals surface area contributed by atoms with E-state index in [1.807, 2.05) is 6.07 Å². The number of hydrogen-bond donors (Lipinski definition) is 2. The van der Waals surface area contributed by atoms with Crippen LogP contribution in [0.4, 0.5) is 5.69 Å². The van der Waals surface area contributed by atoms with Crippen LogP contribution in [-0.4, -0.2) is 25.6 Å². The third-order valence-electron chi connectivity index (χ3n) is 5.24. The number of esters is 1. The Hall–Kier alpha value is -4.16. The number of nitrogens with one attached hydrogen (secondary N) is 1. The molecule has 2 aromatic carbocycles. The fourth-order valence-electron chi connectivity index (χ4n) is 3.56. The van der Waals surface area contributed by atoms with Gasteiger partial charge in [-0.05, 0) is 55.5 Å². The van der Waals surface area contributed by atoms with Crippen molar-refractivity contribution >= 4 is 30.2 Å². The van der Waals surface area contributed by atoms with Gasteiger partial charge in [-0.1, -0.05) is 12.1 Å². The van der Waals surface area contributed by atoms with Gasteiger partial charge in [0.25, 0.3) is 5.91 Å². The zero-order valence-corrected chi connectivity index (χ0v) is 19.3. The van der Waals surface area contributed by atoms with Crippen molar-refractivity contribution in [1.29, 1.82) is 5.26 Å². The zero-order valence-electron chi connectivity index (χ0n) is 18.4. The first-order chi connectivity index (χ1) is 16.5. The van der Waals surface area contributed by atoms with Gasteiger partial charge in [0.2, 0.25) is 0 Å². The van der Waals surface area contributed by atoms with Crippen LogP contribution in [0.25, 0.3) is 11.3 Å². The van der Waals surface area contributed by atoms with Crippen molar-refractivity contribution < 1.29 is 23.5 Å². The van der Waals surface area contributed by atoms with Crippen LogP contribution in [0.2, 0.25) is 0 Å². The fraction of sp³-hybridized carbons (Fsp3) is 0.160. The molecule has 0 bridgehead atoms. The highest BCUT2D eigenvalue weighted by Crippen LogP contribution is 2.38. The van der Waals surface area contributed by atoms with Gasteiger partial charge in [-0.2, -0.15) is 5.26 Å². The average Bonchev–Trinajstić information content (AvgIpc) is 3.35. The first-order valence-corrected chi connectivity index (χ1v) is 10.9. The molecule has 0 spiro atoms. The summed E-state index contributed by atoms with van der Waals surface area (Å²) in [5, 5.41) is 12.5. The topological polar surface area (TPSA) is 105 Å². The van der Waals surface area contributed by atoms with E-state index in [-0.39, 0.29) is 10.6 Å². The Kier molecular flexibility index (Phi) is 6.61. The van der Waals surface area contributed by atoms with Gasteiger partial charge in [-0.3, -0.25) is 4.79 Å². The first-order valence-electron chi connectivity index (χ1n) is 10.4. The molecule has 1 unspecified atom stereocenters. The maximum absolute atomic E-state index is 12.6. The lowest BCUT2D eigenvalue weighted by Gasteiger charge is -2.36. The fourth-order valence-corrected chi connectivity index (χ4v) is 3.94. The van der Waals surface area contributed by atoms with Crippen LogP contribution < -0.4 is 15.0 Å². The Bertz CT molecular complexity index is 1290. The summed E-state index contributed by atoms with van der Waals surface area (Å²) in [6, 6.07) is 19.4. The molecule has 0 saturated heterocycles. The smallest absolute Gasteiger partial charge is 0.338 e. The zero-order chi connectivity index (χ0) is 24.2. The third kappa shape index (κ3) is 4.36. The molecule has 3 aromatic rings. The summed E-state index contributed by atoms with van der Waals surface area (Å²) in [5.74, 6) is 0.718. The predicted molar refractivity (Wildman–Crippen MR) is 128 cm³/mol. The van der Waals surface area contributed by atoms with Crippen molar-refractivity contribution in [1.82, 2.24) is 5.32 Å². The number of thiol groups is 1. The van der Waals surface area contributed by atoms with Crippen molar-refractivity contribution in [2.75, 3.05) is 18.6 Å². The van der Waals surface area contributed by atoms with Gasteiger partial charge in [0.05, 0.1) is 24.3 Å². The van der Waals surface area contributed by atoms with E-state index in [1.165, 1.54) is 0 Å². The van der Waals surface area contributed by atoms with Crippen molar-refractivity contribution in [3.63, 3.8) is 0 Å². The van der Waals surface area contributed by atoms with Crippen LogP contribution in [0.15, 0.2) is 75.7 Å². The van der Waals surface area contributed by atoms with Crippen LogP contribution in [-0.2, 0) is 9.53 Å². The van der Waals surface area contributed by atoms with E-state index in [1.54, 1.807) is 79.6 Å². The van der Waals surface area contributed by atoms with Crippen molar-refractivity contribution in [2.45, 2.75) is 13.1 Å². The SMILES string of the molecule is CCOC(=O)c1ccc(-c2ccc(C3NC(=O)C(C#N)=C(S)N3c3ccc(OC)cc3)o2)cc1. The molecule has 0 aliphatic carbocycles. The van der Waals surface area contributed by atoms with Crippen molar-refractivity contribution in [3.05, 3.63) is 82.6 Å². The Morgan fingerprint density at radius 2 is 1.85 bits per heavy atom. The second-order valence-corrected chi connectivity index (χ2v) is 7.68. The number of furan rings is 1. The molecular weight excluding hydrogens is 454 g/mol. The van der Waals surface area contributed by atoms with Crippen LogP contribution in [0.3, 0.4) is 0 Å². The number of amides is 1. The molecule has 2 heterocycles. The van der Waals surface area contributed by atoms with Crippen molar-refractivity contribution in [3.8, 4) is 23.1 Å². The predicted octanol–water partition coefficient (Wildman–Crippen LogP) is 4.43. The van der Waals surface area contributed by atoms with Gasteiger partial charge in [-0.15, -0.1) is 12.6 Å². The maximum Gasteiger partial charge on any atom is 0.338 e. The van der Waals surface area contributed by atoms with E-state index in [4.69, 9.17) is 13.9 Å². The number of benzene rings is 2. The second kappa shape index (κ2) is 9.77. The minimum atomic E-state index is -0.738. The van der Waals surface area contributed by atoms with E-state index >= 15 is 0 Å². The number of anilines is 1. The molecule has 1 aromatic heterocycles. The summed E-state index contributed by atoms with van der Waals surface area (Å²) < 4.78 is 16.3. The molecule has 0 radical (unpaired) electrons. The quantitative estimate of drug-likeness (QED) is 0.401. The van der Waals surface area contributed by atoms with Crippen LogP contribution in [0, 0.1) is 11.3 Å². The maximum atomic E-state index is 12.6. The number of methoxy groups -OCH3 is 1. The summed E-state index contributed by atoms with van der Waals surface area (Å²) >= 11 is 4.49. The minimum absolute atomic E-state index is 0.100. The van der Waals surface area contributed by atoms with Crippen LogP contribution >= 0.6 is 12.6 Å². The molecule has 1 aliphatic heterocycles. The third-order valence-corrected chi connectivity index (χ3v) is 5.68. The largest absolute Gasteiger partial charge is 0.497 e. The number of nitrogens with zero attached hydrogens (tertiary/aromatic N) is 2. The number of rotatable bonds is 6. The van der Waals surface area contributed by atoms with Gasteiger partial charge in [-0.25, -0.2) is 4.79 Å². The lowest BCUT2D eigenvalue weighted by Crippen LogP contribution is -2.45. The molecule has 1 amide bonds. The Labute approximate surface area is 201 Å². The van der Waals surface area contributed by atoms with Crippen LogP contribution in [0.5, 0.6) is 5.75 Å². The molecule has 1 aliphatic rings. The molecule has 4 rings (SSSR count). The van der Waals surface area contributed by atoms with Gasteiger partial charge in [0.15, 0.2) is 6.17 Å². The Morgan fingerprint density at radius 1 is 1.15 bits per heavy atom. The average molecular weight is 476 g/mol. The highest BCUT2D eigenvalue weighted by atomic mass is 32.1. The van der Waals surface area contributed by atoms with Crippen LogP contribution in [0.1, 0.15) is 29.2 Å². The summed E-state index contributed by atoms with van der Waals surface area (Å²) in [4.78, 5) is 26.2. The Morgan fingerprint density at radius 3 is 2.47 bits per heavy atom. The van der Waals surface area contributed by atoms with Gasteiger partial charge in [0, 0.05) is 11.3 Å². The molecule has 34 heavy (non-hydrogen) atoms. The highest BCUT2D eigenvalue weighted by Gasteiger charge is 2.35. The van der Waals surface area contributed by atoms with E-state index in [0.717, 1.165) is 5.56 Å². The van der Waals surface area contributed by atoms with Gasteiger partial charge < -0.3 is 24.1 Å². The van der Waals surface area contributed by atoms with Crippen molar-refractivity contribution in [2.24, 2.45) is 0 Å². The first kappa shape index (κ1) is 23.0. The monoisotopic (exact) mass is 475 g/mol. The standard InChI is InChI=1S/C25H21N3O5S/c1-3-32-25(30)16-6-4-15(5-7-16)20-12-13-21(33-20)22-27-23(29)19(14-26)24(34)28(22)17-8-10-18(31-2)11-9-17/h4-13,22,34H,3H2,1-2H3,(H,27,29). The number of carbonyl (C=O) groups is 2. The van der Waals surface area contributed by atoms with E-state index in [9.17, 15) is 14.9 Å². The number of nitriles is 1. The van der Waals surface area contributed by atoms with E-state index in [2.05, 4.69) is 17.9 Å². The second-order valence-electron chi connectivity index (χ2n) is 7.25. The molecule has 172 valence electrons. The molecular formula is C25H21N3O5S. The van der Waals surface area contributed by atoms with Gasteiger partial charge in [0.1, 0.15) is 28.9 Å². The minimum Gasteiger partial charge on any atom is -0.497 e. The van der Waals surface area contributed by atoms with Gasteiger partial charge >= 0.3 is 5.97 Å². The summed E-state index contributed by atoms with van der Waals surface area (Å²) in [6.07, 6.45) is -0.738. The summed E-state index contributed by atoms with van der Waals surface area (Å²) in [7, 11) is 1.57. The summed E-state index contributed by atoms with van der Waals surface area (Å²) in [6.45, 7) is 2.05. The molecule has 8 nitrogen and oxygen atoms in total. The number of hydrogen-bond acceptors (Lipinski definition) is 8. The van der Waals surface area contributed by atoms with E-state index in [0.29, 0.717) is 35.1 Å². The molecule has 1 atom stereocenters. The normalized spacial score (nSPS) is 15.5. The molecule has 9 heteroatoms. The lowest BCUT2D eigenvalue weighted by atomic mass is 10.1. The lowest BCUT2D eigenvalue weighted by molar-refractivity contribution is -0.118. The summed E-state index contributed by atoms with van der Waals surface area (Å²) in [5.41, 5.74) is 1.77. The Balaban J connectivity index is 1.68. The number of ether oxygens (including phenoxy) is 2. The molecule has 0 saturated carbocycles. The highest BCUT2D eigenvalue weighted by molar-refractivity contribution is 7.84. The van der Waals surface area contributed by atoms with E-state index < -0.39 is 18.0 Å².